The lowest BCUT2D eigenvalue weighted by molar-refractivity contribution is 0.0971. The SMILES string of the molecule is Cc1ccc2oc3c(c(=O)c2c1)C(c1ccc(O)cc1)N(c1nccs1)C3=O. The van der Waals surface area contributed by atoms with E-state index in [0.717, 1.165) is 5.56 Å². The first kappa shape index (κ1) is 16.7. The number of fused-ring (bicyclic) bond motifs is 2. The van der Waals surface area contributed by atoms with Gasteiger partial charge < -0.3 is 9.52 Å². The summed E-state index contributed by atoms with van der Waals surface area (Å²) in [6.07, 6.45) is 1.61. The third kappa shape index (κ3) is 2.36. The first-order valence-electron chi connectivity index (χ1n) is 8.64. The molecule has 0 radical (unpaired) electrons. The van der Waals surface area contributed by atoms with Gasteiger partial charge in [-0.2, -0.15) is 0 Å². The second kappa shape index (κ2) is 6.03. The molecule has 1 aliphatic rings. The van der Waals surface area contributed by atoms with E-state index in [1.54, 1.807) is 35.8 Å². The largest absolute Gasteiger partial charge is 0.508 e. The quantitative estimate of drug-likeness (QED) is 0.559. The number of hydrogen-bond acceptors (Lipinski definition) is 6. The van der Waals surface area contributed by atoms with Crippen LogP contribution in [0.2, 0.25) is 0 Å². The lowest BCUT2D eigenvalue weighted by Crippen LogP contribution is -2.29. The Morgan fingerprint density at radius 1 is 1.14 bits per heavy atom. The first-order valence-corrected chi connectivity index (χ1v) is 9.52. The second-order valence-corrected chi connectivity index (χ2v) is 7.53. The van der Waals surface area contributed by atoms with Crippen molar-refractivity contribution < 1.29 is 14.3 Å². The highest BCUT2D eigenvalue weighted by Crippen LogP contribution is 2.42. The zero-order chi connectivity index (χ0) is 19.4. The van der Waals surface area contributed by atoms with Gasteiger partial charge in [0.05, 0.1) is 17.0 Å². The summed E-state index contributed by atoms with van der Waals surface area (Å²) >= 11 is 1.31. The van der Waals surface area contributed by atoms with E-state index in [-0.39, 0.29) is 16.9 Å². The molecule has 0 aliphatic carbocycles. The van der Waals surface area contributed by atoms with Crippen molar-refractivity contribution in [1.29, 1.82) is 0 Å². The predicted octanol–water partition coefficient (Wildman–Crippen LogP) is 4.01. The van der Waals surface area contributed by atoms with Crippen molar-refractivity contribution in [3.8, 4) is 5.75 Å². The number of aromatic nitrogens is 1. The molecule has 4 aromatic rings. The maximum Gasteiger partial charge on any atom is 0.297 e. The van der Waals surface area contributed by atoms with Crippen molar-refractivity contribution in [3.05, 3.63) is 86.7 Å². The highest BCUT2D eigenvalue weighted by molar-refractivity contribution is 7.13. The van der Waals surface area contributed by atoms with Crippen molar-refractivity contribution in [2.45, 2.75) is 13.0 Å². The Morgan fingerprint density at radius 3 is 2.64 bits per heavy atom. The number of rotatable bonds is 2. The summed E-state index contributed by atoms with van der Waals surface area (Å²) in [6, 6.07) is 11.1. The molecule has 0 bridgehead atoms. The molecule has 28 heavy (non-hydrogen) atoms. The van der Waals surface area contributed by atoms with Crippen LogP contribution in [-0.4, -0.2) is 16.0 Å². The van der Waals surface area contributed by atoms with Gasteiger partial charge in [-0.3, -0.25) is 14.5 Å². The average molecular weight is 390 g/mol. The van der Waals surface area contributed by atoms with Crippen LogP contribution >= 0.6 is 11.3 Å². The standard InChI is InChI=1S/C21H14N2O4S/c1-11-2-7-15-14(10-11)18(25)16-17(12-3-5-13(24)6-4-12)23(20(26)19(16)27-15)21-22-8-9-28-21/h2-10,17,24H,1H3. The molecule has 1 amide bonds. The minimum atomic E-state index is -0.671. The topological polar surface area (TPSA) is 83.6 Å². The molecule has 1 unspecified atom stereocenters. The van der Waals surface area contributed by atoms with Crippen LogP contribution in [-0.2, 0) is 0 Å². The van der Waals surface area contributed by atoms with E-state index in [4.69, 9.17) is 4.42 Å². The molecular formula is C21H14N2O4S. The first-order chi connectivity index (χ1) is 13.5. The Kier molecular flexibility index (Phi) is 3.60. The number of phenolic OH excluding ortho intramolecular Hbond substituents is 1. The van der Waals surface area contributed by atoms with Crippen molar-refractivity contribution in [1.82, 2.24) is 4.98 Å². The molecule has 7 heteroatoms. The van der Waals surface area contributed by atoms with Gasteiger partial charge >= 0.3 is 0 Å². The number of thiazole rings is 1. The number of benzene rings is 2. The number of hydrogen-bond donors (Lipinski definition) is 1. The van der Waals surface area contributed by atoms with Gasteiger partial charge in [-0.25, -0.2) is 4.98 Å². The Bertz CT molecular complexity index is 1280. The Balaban J connectivity index is 1.83. The van der Waals surface area contributed by atoms with E-state index in [9.17, 15) is 14.7 Å². The van der Waals surface area contributed by atoms with Crippen molar-refractivity contribution in [2.75, 3.05) is 4.90 Å². The number of aromatic hydroxyl groups is 1. The van der Waals surface area contributed by atoms with Gasteiger partial charge in [-0.15, -0.1) is 11.3 Å². The molecule has 3 heterocycles. The molecule has 138 valence electrons. The van der Waals surface area contributed by atoms with Gasteiger partial charge in [-0.1, -0.05) is 23.8 Å². The normalized spacial score (nSPS) is 16.0. The molecule has 0 fully saturated rings. The zero-order valence-electron chi connectivity index (χ0n) is 14.7. The molecule has 2 aromatic carbocycles. The third-order valence-electron chi connectivity index (χ3n) is 4.86. The molecule has 2 aromatic heterocycles. The summed E-state index contributed by atoms with van der Waals surface area (Å²) in [5.41, 5.74) is 2.07. The van der Waals surface area contributed by atoms with E-state index in [0.29, 0.717) is 27.2 Å². The van der Waals surface area contributed by atoms with Crippen LogP contribution in [0.5, 0.6) is 5.75 Å². The summed E-state index contributed by atoms with van der Waals surface area (Å²) in [4.78, 5) is 32.4. The molecule has 6 nitrogen and oxygen atoms in total. The van der Waals surface area contributed by atoms with Gasteiger partial charge in [0.2, 0.25) is 5.76 Å². The van der Waals surface area contributed by atoms with Gasteiger partial charge in [0, 0.05) is 11.6 Å². The van der Waals surface area contributed by atoms with Crippen LogP contribution in [0, 0.1) is 6.92 Å². The van der Waals surface area contributed by atoms with E-state index >= 15 is 0 Å². The molecule has 5 rings (SSSR count). The van der Waals surface area contributed by atoms with Crippen LogP contribution in [0.4, 0.5) is 5.13 Å². The number of anilines is 1. The Hall–Kier alpha value is -3.45. The minimum Gasteiger partial charge on any atom is -0.508 e. The highest BCUT2D eigenvalue weighted by Gasteiger charge is 2.44. The van der Waals surface area contributed by atoms with E-state index < -0.39 is 11.9 Å². The molecular weight excluding hydrogens is 376 g/mol. The van der Waals surface area contributed by atoms with Gasteiger partial charge in [0.25, 0.3) is 5.91 Å². The summed E-state index contributed by atoms with van der Waals surface area (Å²) in [6.45, 7) is 1.90. The third-order valence-corrected chi connectivity index (χ3v) is 5.63. The van der Waals surface area contributed by atoms with Gasteiger partial charge in [-0.05, 0) is 36.8 Å². The summed E-state index contributed by atoms with van der Waals surface area (Å²) in [7, 11) is 0. The predicted molar refractivity (Wildman–Crippen MR) is 106 cm³/mol. The summed E-state index contributed by atoms with van der Waals surface area (Å²) in [5.74, 6) is -0.257. The van der Waals surface area contributed by atoms with Crippen LogP contribution in [0.25, 0.3) is 11.0 Å². The molecule has 1 aliphatic heterocycles. The van der Waals surface area contributed by atoms with Crippen LogP contribution in [0.1, 0.15) is 33.3 Å². The molecule has 1 N–H and O–H groups in total. The fourth-order valence-corrected chi connectivity index (χ4v) is 4.26. The zero-order valence-corrected chi connectivity index (χ0v) is 15.6. The monoisotopic (exact) mass is 390 g/mol. The summed E-state index contributed by atoms with van der Waals surface area (Å²) in [5, 5.41) is 12.3. The molecule has 0 spiro atoms. The number of nitrogens with zero attached hydrogens (tertiary/aromatic N) is 2. The van der Waals surface area contributed by atoms with Crippen molar-refractivity contribution >= 4 is 33.3 Å². The van der Waals surface area contributed by atoms with Crippen molar-refractivity contribution in [3.63, 3.8) is 0 Å². The van der Waals surface area contributed by atoms with E-state index in [1.165, 1.54) is 28.4 Å². The Morgan fingerprint density at radius 2 is 1.93 bits per heavy atom. The number of carbonyl (C=O) groups excluding carboxylic acids is 1. The number of aryl methyl sites for hydroxylation is 1. The lowest BCUT2D eigenvalue weighted by atomic mass is 9.98. The summed E-state index contributed by atoms with van der Waals surface area (Å²) < 4.78 is 5.89. The molecule has 0 saturated carbocycles. The number of phenols is 1. The number of amides is 1. The van der Waals surface area contributed by atoms with Crippen molar-refractivity contribution in [2.24, 2.45) is 0 Å². The molecule has 1 atom stereocenters. The fourth-order valence-electron chi connectivity index (χ4n) is 3.59. The molecule has 0 saturated heterocycles. The maximum absolute atomic E-state index is 13.4. The van der Waals surface area contributed by atoms with Crippen LogP contribution < -0.4 is 10.3 Å². The average Bonchev–Trinajstić information content (AvgIpc) is 3.30. The van der Waals surface area contributed by atoms with E-state index in [1.807, 2.05) is 13.0 Å². The smallest absolute Gasteiger partial charge is 0.297 e. The Labute approximate surface area is 163 Å². The van der Waals surface area contributed by atoms with Crippen LogP contribution in [0.3, 0.4) is 0 Å². The van der Waals surface area contributed by atoms with E-state index in [2.05, 4.69) is 4.98 Å². The number of carbonyl (C=O) groups is 1. The van der Waals surface area contributed by atoms with Gasteiger partial charge in [0.1, 0.15) is 11.3 Å². The highest BCUT2D eigenvalue weighted by atomic mass is 32.1. The second-order valence-electron chi connectivity index (χ2n) is 6.66. The fraction of sp³-hybridized carbons (Fsp3) is 0.0952. The van der Waals surface area contributed by atoms with Crippen LogP contribution in [0.15, 0.2) is 63.3 Å². The maximum atomic E-state index is 13.4. The lowest BCUT2D eigenvalue weighted by Gasteiger charge is -2.22. The minimum absolute atomic E-state index is 0.0367. The van der Waals surface area contributed by atoms with Gasteiger partial charge in [0.15, 0.2) is 10.6 Å².